The van der Waals surface area contributed by atoms with Crippen molar-refractivity contribution in [2.75, 3.05) is 19.8 Å². The molecule has 0 amide bonds. The highest BCUT2D eigenvalue weighted by molar-refractivity contribution is 5.06. The smallest absolute Gasteiger partial charge is 0.232 e. The van der Waals surface area contributed by atoms with Crippen LogP contribution in [-0.2, 0) is 11.3 Å². The zero-order chi connectivity index (χ0) is 10.5. The van der Waals surface area contributed by atoms with Gasteiger partial charge >= 0.3 is 0 Å². The molecule has 15 heavy (non-hydrogen) atoms. The molecule has 0 spiro atoms. The number of nitrogens with zero attached hydrogens (tertiary/aromatic N) is 2. The molecule has 1 aliphatic rings. The Morgan fingerprint density at radius 2 is 2.40 bits per heavy atom. The number of aliphatic hydroxyl groups is 1. The van der Waals surface area contributed by atoms with E-state index in [9.17, 15) is 0 Å². The summed E-state index contributed by atoms with van der Waals surface area (Å²) in [5.74, 6) is 0.961. The number of aliphatic hydroxyl groups excluding tert-OH is 1. The molecule has 2 rings (SSSR count). The van der Waals surface area contributed by atoms with Crippen LogP contribution in [0.4, 0.5) is 0 Å². The summed E-state index contributed by atoms with van der Waals surface area (Å²) in [5.41, 5.74) is 0.548. The summed E-state index contributed by atoms with van der Waals surface area (Å²) < 4.78 is 10.7. The average molecular weight is 210 g/mol. The fraction of sp³-hybridized carbons (Fsp3) is 0.600. The molecule has 0 radical (unpaired) electrons. The molecule has 0 saturated carbocycles. The first kappa shape index (κ1) is 10.3. The van der Waals surface area contributed by atoms with Gasteiger partial charge in [0.2, 0.25) is 5.88 Å². The van der Waals surface area contributed by atoms with E-state index in [0.29, 0.717) is 24.1 Å². The number of ether oxygens (including phenoxy) is 2. The van der Waals surface area contributed by atoms with Gasteiger partial charge in [0.25, 0.3) is 0 Å². The molecule has 1 saturated heterocycles. The Morgan fingerprint density at radius 3 is 3.00 bits per heavy atom. The van der Waals surface area contributed by atoms with Crippen LogP contribution < -0.4 is 4.74 Å². The standard InChI is InChI=1S/C10H14N2O3/c13-5-9-3-12-10(4-11-9)15-7-8-1-2-14-6-8/h3-4,8,13H,1-2,5-7H2. The Bertz CT molecular complexity index is 296. The minimum absolute atomic E-state index is 0.0935. The predicted molar refractivity (Wildman–Crippen MR) is 52.4 cm³/mol. The summed E-state index contributed by atoms with van der Waals surface area (Å²) in [7, 11) is 0. The van der Waals surface area contributed by atoms with Crippen LogP contribution in [-0.4, -0.2) is 34.9 Å². The zero-order valence-corrected chi connectivity index (χ0v) is 8.43. The van der Waals surface area contributed by atoms with E-state index in [-0.39, 0.29) is 6.61 Å². The van der Waals surface area contributed by atoms with E-state index >= 15 is 0 Å². The number of hydrogen-bond acceptors (Lipinski definition) is 5. The summed E-state index contributed by atoms with van der Waals surface area (Å²) in [5, 5.41) is 8.77. The van der Waals surface area contributed by atoms with Crippen molar-refractivity contribution in [1.29, 1.82) is 0 Å². The lowest BCUT2D eigenvalue weighted by Gasteiger charge is -2.08. The molecule has 82 valence electrons. The van der Waals surface area contributed by atoms with Crippen molar-refractivity contribution in [2.24, 2.45) is 5.92 Å². The minimum Gasteiger partial charge on any atom is -0.476 e. The SMILES string of the molecule is OCc1cnc(OCC2CCOC2)cn1. The Kier molecular flexibility index (Phi) is 3.47. The zero-order valence-electron chi connectivity index (χ0n) is 8.43. The van der Waals surface area contributed by atoms with Gasteiger partial charge < -0.3 is 14.6 Å². The quantitative estimate of drug-likeness (QED) is 0.778. The van der Waals surface area contributed by atoms with Crippen LogP contribution in [0.3, 0.4) is 0 Å². The van der Waals surface area contributed by atoms with Crippen LogP contribution in [0.2, 0.25) is 0 Å². The molecule has 0 bridgehead atoms. The lowest BCUT2D eigenvalue weighted by atomic mass is 10.1. The van der Waals surface area contributed by atoms with E-state index < -0.39 is 0 Å². The summed E-state index contributed by atoms with van der Waals surface area (Å²) in [6.45, 7) is 2.11. The molecule has 1 atom stereocenters. The fourth-order valence-electron chi connectivity index (χ4n) is 1.42. The normalized spacial score (nSPS) is 20.5. The van der Waals surface area contributed by atoms with Crippen molar-refractivity contribution in [1.82, 2.24) is 9.97 Å². The van der Waals surface area contributed by atoms with Gasteiger partial charge in [0.05, 0.1) is 37.9 Å². The van der Waals surface area contributed by atoms with Gasteiger partial charge in [-0.1, -0.05) is 0 Å². The Morgan fingerprint density at radius 1 is 1.47 bits per heavy atom. The molecule has 0 aromatic carbocycles. The van der Waals surface area contributed by atoms with E-state index in [1.165, 1.54) is 12.4 Å². The van der Waals surface area contributed by atoms with Crippen LogP contribution in [0.5, 0.6) is 5.88 Å². The lowest BCUT2D eigenvalue weighted by molar-refractivity contribution is 0.165. The first-order valence-electron chi connectivity index (χ1n) is 5.01. The molecule has 1 aliphatic heterocycles. The van der Waals surface area contributed by atoms with Crippen molar-refractivity contribution in [2.45, 2.75) is 13.0 Å². The monoisotopic (exact) mass is 210 g/mol. The maximum absolute atomic E-state index is 8.77. The van der Waals surface area contributed by atoms with Gasteiger partial charge in [-0.2, -0.15) is 0 Å². The molecule has 1 aromatic heterocycles. The first-order chi connectivity index (χ1) is 7.38. The van der Waals surface area contributed by atoms with Crippen molar-refractivity contribution in [3.8, 4) is 5.88 Å². The molecule has 5 nitrogen and oxygen atoms in total. The van der Waals surface area contributed by atoms with E-state index in [4.69, 9.17) is 14.6 Å². The van der Waals surface area contributed by atoms with Gasteiger partial charge in [0.15, 0.2) is 0 Å². The molecule has 2 heterocycles. The Labute approximate surface area is 88.1 Å². The van der Waals surface area contributed by atoms with Crippen molar-refractivity contribution >= 4 is 0 Å². The Balaban J connectivity index is 1.82. The van der Waals surface area contributed by atoms with Crippen molar-refractivity contribution < 1.29 is 14.6 Å². The second-order valence-electron chi connectivity index (χ2n) is 3.54. The van der Waals surface area contributed by atoms with E-state index in [2.05, 4.69) is 9.97 Å². The highest BCUT2D eigenvalue weighted by Crippen LogP contribution is 2.14. The maximum Gasteiger partial charge on any atom is 0.232 e. The average Bonchev–Trinajstić information content (AvgIpc) is 2.80. The van der Waals surface area contributed by atoms with Crippen LogP contribution in [0.15, 0.2) is 12.4 Å². The van der Waals surface area contributed by atoms with Crippen LogP contribution in [0.25, 0.3) is 0 Å². The summed E-state index contributed by atoms with van der Waals surface area (Å²) in [6.07, 6.45) is 4.09. The highest BCUT2D eigenvalue weighted by Gasteiger charge is 2.16. The Hall–Kier alpha value is -1.20. The lowest BCUT2D eigenvalue weighted by Crippen LogP contribution is -2.12. The topological polar surface area (TPSA) is 64.5 Å². The largest absolute Gasteiger partial charge is 0.476 e. The van der Waals surface area contributed by atoms with Crippen molar-refractivity contribution in [3.05, 3.63) is 18.1 Å². The fourth-order valence-corrected chi connectivity index (χ4v) is 1.42. The summed E-state index contributed by atoms with van der Waals surface area (Å²) >= 11 is 0. The van der Waals surface area contributed by atoms with Crippen LogP contribution in [0.1, 0.15) is 12.1 Å². The van der Waals surface area contributed by atoms with Gasteiger partial charge in [-0.25, -0.2) is 4.98 Å². The third kappa shape index (κ3) is 2.87. The molecule has 0 aliphatic carbocycles. The second kappa shape index (κ2) is 5.04. The van der Waals surface area contributed by atoms with Gasteiger partial charge in [0.1, 0.15) is 0 Å². The number of aromatic nitrogens is 2. The third-order valence-corrected chi connectivity index (χ3v) is 2.33. The molecule has 1 fully saturated rings. The van der Waals surface area contributed by atoms with Crippen LogP contribution in [0, 0.1) is 5.92 Å². The predicted octanol–water partition coefficient (Wildman–Crippen LogP) is 0.384. The summed E-state index contributed by atoms with van der Waals surface area (Å²) in [6, 6.07) is 0. The number of hydrogen-bond donors (Lipinski definition) is 1. The minimum atomic E-state index is -0.0935. The molecular weight excluding hydrogens is 196 g/mol. The highest BCUT2D eigenvalue weighted by atomic mass is 16.5. The van der Waals surface area contributed by atoms with Gasteiger partial charge in [-0.15, -0.1) is 0 Å². The second-order valence-corrected chi connectivity index (χ2v) is 3.54. The van der Waals surface area contributed by atoms with Gasteiger partial charge in [-0.3, -0.25) is 4.98 Å². The van der Waals surface area contributed by atoms with E-state index in [1.807, 2.05) is 0 Å². The van der Waals surface area contributed by atoms with E-state index in [0.717, 1.165) is 19.6 Å². The molecule has 5 heteroatoms. The molecule has 1 aromatic rings. The van der Waals surface area contributed by atoms with Crippen LogP contribution >= 0.6 is 0 Å². The first-order valence-corrected chi connectivity index (χ1v) is 5.01. The molecular formula is C10H14N2O3. The van der Waals surface area contributed by atoms with E-state index in [1.54, 1.807) is 0 Å². The molecule has 1 unspecified atom stereocenters. The van der Waals surface area contributed by atoms with Gasteiger partial charge in [0, 0.05) is 12.5 Å². The van der Waals surface area contributed by atoms with Crippen molar-refractivity contribution in [3.63, 3.8) is 0 Å². The summed E-state index contributed by atoms with van der Waals surface area (Å²) in [4.78, 5) is 8.00. The number of rotatable bonds is 4. The molecule has 1 N–H and O–H groups in total. The maximum atomic E-state index is 8.77. The van der Waals surface area contributed by atoms with Gasteiger partial charge in [-0.05, 0) is 6.42 Å². The third-order valence-electron chi connectivity index (χ3n) is 2.33.